The van der Waals surface area contributed by atoms with Crippen molar-refractivity contribution in [3.05, 3.63) is 0 Å². The molecule has 2 heteroatoms. The van der Waals surface area contributed by atoms with Gasteiger partial charge in [0.1, 0.15) is 0 Å². The van der Waals surface area contributed by atoms with Crippen LogP contribution in [0.2, 0.25) is 0 Å². The smallest absolute Gasteiger partial charge is 0.0623 e. The molecule has 4 atom stereocenters. The van der Waals surface area contributed by atoms with Gasteiger partial charge in [0, 0.05) is 6.04 Å². The molecule has 1 N–H and O–H groups in total. The maximum atomic E-state index is 6.02. The first-order valence-corrected chi connectivity index (χ1v) is 6.60. The van der Waals surface area contributed by atoms with Crippen molar-refractivity contribution in [3.8, 4) is 0 Å². The summed E-state index contributed by atoms with van der Waals surface area (Å²) in [6, 6.07) is 0.639. The fourth-order valence-corrected chi connectivity index (χ4v) is 2.80. The van der Waals surface area contributed by atoms with Gasteiger partial charge in [0.05, 0.1) is 12.7 Å². The zero-order chi connectivity index (χ0) is 10.7. The van der Waals surface area contributed by atoms with E-state index in [1.807, 2.05) is 0 Å². The second-order valence-electron chi connectivity index (χ2n) is 5.52. The van der Waals surface area contributed by atoms with E-state index in [1.165, 1.54) is 38.6 Å². The highest BCUT2D eigenvalue weighted by Gasteiger charge is 2.26. The molecule has 0 radical (unpaired) electrons. The van der Waals surface area contributed by atoms with Gasteiger partial charge in [-0.15, -0.1) is 0 Å². The molecule has 2 nitrogen and oxygen atoms in total. The first-order chi connectivity index (χ1) is 7.25. The summed E-state index contributed by atoms with van der Waals surface area (Å²) in [7, 11) is 0. The number of rotatable bonds is 3. The Bertz CT molecular complexity index is 189. The minimum atomic E-state index is 0.540. The summed E-state index contributed by atoms with van der Waals surface area (Å²) in [6.07, 6.45) is 7.07. The van der Waals surface area contributed by atoms with Crippen molar-refractivity contribution in [2.24, 2.45) is 11.8 Å². The van der Waals surface area contributed by atoms with E-state index in [-0.39, 0.29) is 0 Å². The van der Waals surface area contributed by atoms with E-state index in [4.69, 9.17) is 4.74 Å². The van der Waals surface area contributed by atoms with Gasteiger partial charge in [-0.25, -0.2) is 0 Å². The van der Waals surface area contributed by atoms with E-state index in [0.29, 0.717) is 12.1 Å². The molecule has 1 saturated heterocycles. The van der Waals surface area contributed by atoms with E-state index in [9.17, 15) is 0 Å². The van der Waals surface area contributed by atoms with E-state index < -0.39 is 0 Å². The largest absolute Gasteiger partial charge is 0.377 e. The second-order valence-corrected chi connectivity index (χ2v) is 5.52. The minimum absolute atomic E-state index is 0.540. The SMILES string of the molecule is CC1CCC(OC[C@H]2CCCN2)CC1C. The Balaban J connectivity index is 1.66. The molecule has 2 fully saturated rings. The van der Waals surface area contributed by atoms with E-state index in [1.54, 1.807) is 0 Å². The normalized spacial score (nSPS) is 42.0. The quantitative estimate of drug-likeness (QED) is 0.774. The van der Waals surface area contributed by atoms with Crippen LogP contribution >= 0.6 is 0 Å². The van der Waals surface area contributed by atoms with Crippen molar-refractivity contribution in [3.63, 3.8) is 0 Å². The third-order valence-electron chi connectivity index (χ3n) is 4.25. The van der Waals surface area contributed by atoms with Crippen LogP contribution in [-0.2, 0) is 4.74 Å². The fraction of sp³-hybridized carbons (Fsp3) is 1.00. The fourth-order valence-electron chi connectivity index (χ4n) is 2.80. The van der Waals surface area contributed by atoms with Crippen LogP contribution in [0.5, 0.6) is 0 Å². The lowest BCUT2D eigenvalue weighted by Crippen LogP contribution is -2.32. The summed E-state index contributed by atoms with van der Waals surface area (Å²) in [5.41, 5.74) is 0. The molecule has 0 aromatic carbocycles. The zero-order valence-electron chi connectivity index (χ0n) is 10.2. The van der Waals surface area contributed by atoms with E-state index in [2.05, 4.69) is 19.2 Å². The van der Waals surface area contributed by atoms with Gasteiger partial charge >= 0.3 is 0 Å². The summed E-state index contributed by atoms with van der Waals surface area (Å²) < 4.78 is 6.02. The molecule has 0 spiro atoms. The lowest BCUT2D eigenvalue weighted by molar-refractivity contribution is -0.00531. The van der Waals surface area contributed by atoms with Crippen molar-refractivity contribution in [1.29, 1.82) is 0 Å². The Labute approximate surface area is 93.8 Å². The molecule has 1 saturated carbocycles. The molecule has 15 heavy (non-hydrogen) atoms. The molecule has 1 heterocycles. The Kier molecular flexibility index (Phi) is 4.04. The third-order valence-corrected chi connectivity index (χ3v) is 4.25. The van der Waals surface area contributed by atoms with Gasteiger partial charge in [0.15, 0.2) is 0 Å². The average Bonchev–Trinajstić information content (AvgIpc) is 2.73. The summed E-state index contributed by atoms with van der Waals surface area (Å²) in [5.74, 6) is 1.75. The number of hydrogen-bond acceptors (Lipinski definition) is 2. The van der Waals surface area contributed by atoms with Gasteiger partial charge in [0.2, 0.25) is 0 Å². The summed E-state index contributed by atoms with van der Waals surface area (Å²) in [5, 5.41) is 3.49. The van der Waals surface area contributed by atoms with Crippen LogP contribution < -0.4 is 5.32 Å². The zero-order valence-corrected chi connectivity index (χ0v) is 10.2. The molecule has 0 aromatic heterocycles. The van der Waals surface area contributed by atoms with Crippen molar-refractivity contribution in [2.75, 3.05) is 13.2 Å². The summed E-state index contributed by atoms with van der Waals surface area (Å²) >= 11 is 0. The van der Waals surface area contributed by atoms with Crippen LogP contribution in [0, 0.1) is 11.8 Å². The third kappa shape index (κ3) is 3.18. The van der Waals surface area contributed by atoms with Crippen molar-refractivity contribution in [2.45, 2.75) is 58.1 Å². The molecule has 0 amide bonds. The van der Waals surface area contributed by atoms with Gasteiger partial charge < -0.3 is 10.1 Å². The van der Waals surface area contributed by atoms with Crippen LogP contribution in [0.3, 0.4) is 0 Å². The van der Waals surface area contributed by atoms with Gasteiger partial charge in [0.25, 0.3) is 0 Å². The lowest BCUT2D eigenvalue weighted by Gasteiger charge is -2.32. The predicted octanol–water partition coefficient (Wildman–Crippen LogP) is 2.58. The highest BCUT2D eigenvalue weighted by molar-refractivity contribution is 4.78. The lowest BCUT2D eigenvalue weighted by atomic mass is 9.80. The van der Waals surface area contributed by atoms with Crippen LogP contribution in [0.25, 0.3) is 0 Å². The minimum Gasteiger partial charge on any atom is -0.377 e. The second kappa shape index (κ2) is 5.31. The van der Waals surface area contributed by atoms with Crippen LogP contribution in [-0.4, -0.2) is 25.3 Å². The summed E-state index contributed by atoms with van der Waals surface area (Å²) in [6.45, 7) is 6.87. The van der Waals surface area contributed by atoms with Crippen molar-refractivity contribution < 1.29 is 4.74 Å². The Hall–Kier alpha value is -0.0800. The van der Waals surface area contributed by atoms with Crippen LogP contribution in [0.15, 0.2) is 0 Å². The Morgan fingerprint density at radius 1 is 1.13 bits per heavy atom. The van der Waals surface area contributed by atoms with Crippen LogP contribution in [0.4, 0.5) is 0 Å². The molecular weight excluding hydrogens is 186 g/mol. The number of hydrogen-bond donors (Lipinski definition) is 1. The highest BCUT2D eigenvalue weighted by Crippen LogP contribution is 2.31. The molecule has 88 valence electrons. The van der Waals surface area contributed by atoms with Crippen LogP contribution in [0.1, 0.15) is 46.0 Å². The van der Waals surface area contributed by atoms with E-state index >= 15 is 0 Å². The molecule has 2 aliphatic rings. The monoisotopic (exact) mass is 211 g/mol. The molecule has 3 unspecified atom stereocenters. The van der Waals surface area contributed by atoms with Crippen molar-refractivity contribution in [1.82, 2.24) is 5.32 Å². The number of ether oxygens (including phenoxy) is 1. The van der Waals surface area contributed by atoms with Crippen molar-refractivity contribution >= 4 is 0 Å². The molecule has 0 bridgehead atoms. The molecule has 1 aliphatic heterocycles. The van der Waals surface area contributed by atoms with E-state index in [0.717, 1.165) is 18.4 Å². The molecule has 1 aliphatic carbocycles. The van der Waals surface area contributed by atoms with Gasteiger partial charge in [-0.3, -0.25) is 0 Å². The van der Waals surface area contributed by atoms with Gasteiger partial charge in [-0.1, -0.05) is 13.8 Å². The number of nitrogens with one attached hydrogen (secondary N) is 1. The maximum Gasteiger partial charge on any atom is 0.0623 e. The molecular formula is C13H25NO. The first-order valence-electron chi connectivity index (χ1n) is 6.60. The molecule has 0 aromatic rings. The Morgan fingerprint density at radius 2 is 2.00 bits per heavy atom. The average molecular weight is 211 g/mol. The van der Waals surface area contributed by atoms with Gasteiger partial charge in [-0.05, 0) is 50.5 Å². The topological polar surface area (TPSA) is 21.3 Å². The first kappa shape index (κ1) is 11.4. The van der Waals surface area contributed by atoms with Gasteiger partial charge in [-0.2, -0.15) is 0 Å². The molecule has 2 rings (SSSR count). The Morgan fingerprint density at radius 3 is 2.67 bits per heavy atom. The highest BCUT2D eigenvalue weighted by atomic mass is 16.5. The standard InChI is InChI=1S/C13H25NO/c1-10-5-6-13(8-11(10)2)15-9-12-4-3-7-14-12/h10-14H,3-9H2,1-2H3/t10?,11?,12-,13?/m1/s1. The predicted molar refractivity (Wildman–Crippen MR) is 62.9 cm³/mol. The maximum absolute atomic E-state index is 6.02. The summed E-state index contributed by atoms with van der Waals surface area (Å²) in [4.78, 5) is 0.